The van der Waals surface area contributed by atoms with Crippen LogP contribution >= 0.6 is 11.3 Å². The molecule has 1 N–H and O–H groups in total. The third-order valence-corrected chi connectivity index (χ3v) is 12.3. The number of hydrogen-bond donors (Lipinski definition) is 1. The fraction of sp³-hybridized carbons (Fsp3) is 0.600. The van der Waals surface area contributed by atoms with Crippen LogP contribution in [0.25, 0.3) is 10.7 Å². The van der Waals surface area contributed by atoms with Gasteiger partial charge in [-0.15, -0.1) is 11.3 Å². The first kappa shape index (κ1) is 27.3. The van der Waals surface area contributed by atoms with Crippen LogP contribution in [0.2, 0.25) is 11.1 Å². The molecule has 0 aliphatic carbocycles. The standard InChI is InChI=1S/C25H37N3O5SSi/c1-10-31-23(29)19-13-34-22(28-19)18-11-20-17(12-32-35(20,14(2)3)15(4)5)21(27-18)16(6)26-24(30)33-25(7,8)9/h11,13-16H,10,12H2,1-9H3,(H,26,30)/t16-/m1/s1. The normalized spacial score (nSPS) is 15.7. The lowest BCUT2D eigenvalue weighted by molar-refractivity contribution is 0.0500. The maximum Gasteiger partial charge on any atom is 0.408 e. The molecular weight excluding hydrogens is 482 g/mol. The smallest absolute Gasteiger partial charge is 0.408 e. The van der Waals surface area contributed by atoms with Gasteiger partial charge < -0.3 is 19.2 Å². The fourth-order valence-corrected chi connectivity index (χ4v) is 10.3. The predicted octanol–water partition coefficient (Wildman–Crippen LogP) is 5.47. The molecule has 3 heterocycles. The van der Waals surface area contributed by atoms with Gasteiger partial charge in [0, 0.05) is 10.9 Å². The van der Waals surface area contributed by atoms with Crippen LogP contribution in [0.5, 0.6) is 0 Å². The first-order valence-corrected chi connectivity index (χ1v) is 15.0. The van der Waals surface area contributed by atoms with Gasteiger partial charge in [0.25, 0.3) is 0 Å². The van der Waals surface area contributed by atoms with Gasteiger partial charge in [0.1, 0.15) is 10.6 Å². The number of ether oxygens (including phenoxy) is 2. The van der Waals surface area contributed by atoms with Crippen molar-refractivity contribution in [1.29, 1.82) is 0 Å². The SMILES string of the molecule is CCOC(=O)c1csc(-c2cc3c(c([C@@H](C)NC(=O)OC(C)(C)C)n2)CO[Si]3(C(C)C)C(C)C)n1. The Kier molecular flexibility index (Phi) is 8.08. The molecule has 1 aliphatic heterocycles. The number of esters is 1. The molecule has 2 aromatic rings. The van der Waals surface area contributed by atoms with Gasteiger partial charge >= 0.3 is 12.1 Å². The zero-order chi connectivity index (χ0) is 26.1. The van der Waals surface area contributed by atoms with Crippen molar-refractivity contribution < 1.29 is 23.5 Å². The first-order valence-electron chi connectivity index (χ1n) is 12.1. The highest BCUT2D eigenvalue weighted by Crippen LogP contribution is 2.41. The zero-order valence-electron chi connectivity index (χ0n) is 22.1. The van der Waals surface area contributed by atoms with Crippen molar-refractivity contribution in [1.82, 2.24) is 15.3 Å². The summed E-state index contributed by atoms with van der Waals surface area (Å²) in [5, 5.41) is 6.44. The van der Waals surface area contributed by atoms with Crippen LogP contribution in [0.15, 0.2) is 11.4 Å². The van der Waals surface area contributed by atoms with Crippen molar-refractivity contribution in [2.45, 2.75) is 91.6 Å². The minimum absolute atomic E-state index is 0.267. The Morgan fingerprint density at radius 1 is 1.17 bits per heavy atom. The van der Waals surface area contributed by atoms with E-state index in [9.17, 15) is 9.59 Å². The molecule has 2 aromatic heterocycles. The second kappa shape index (κ2) is 10.4. The molecule has 0 bridgehead atoms. The number of hydrogen-bond acceptors (Lipinski definition) is 8. The summed E-state index contributed by atoms with van der Waals surface area (Å²) >= 11 is 1.35. The van der Waals surface area contributed by atoms with E-state index in [1.807, 2.05) is 27.7 Å². The van der Waals surface area contributed by atoms with Crippen LogP contribution in [-0.2, 0) is 20.5 Å². The average molecular weight is 520 g/mol. The van der Waals surface area contributed by atoms with E-state index in [0.29, 0.717) is 28.4 Å². The number of fused-ring (bicyclic) bond motifs is 1. The van der Waals surface area contributed by atoms with Gasteiger partial charge in [0.15, 0.2) is 5.69 Å². The maximum atomic E-state index is 12.5. The number of alkyl carbamates (subject to hydrolysis) is 1. The van der Waals surface area contributed by atoms with Crippen LogP contribution in [-0.4, -0.2) is 42.6 Å². The number of aromatic nitrogens is 2. The van der Waals surface area contributed by atoms with E-state index >= 15 is 0 Å². The maximum absolute atomic E-state index is 12.5. The van der Waals surface area contributed by atoms with E-state index in [1.54, 1.807) is 12.3 Å². The number of nitrogens with one attached hydrogen (secondary N) is 1. The van der Waals surface area contributed by atoms with E-state index < -0.39 is 32.0 Å². The number of pyridine rings is 1. The summed E-state index contributed by atoms with van der Waals surface area (Å²) in [6.07, 6.45) is -0.500. The quantitative estimate of drug-likeness (QED) is 0.382. The molecule has 1 amide bonds. The molecule has 1 atom stereocenters. The van der Waals surface area contributed by atoms with E-state index in [1.165, 1.54) is 16.5 Å². The summed E-state index contributed by atoms with van der Waals surface area (Å²) in [4.78, 5) is 34.2. The Labute approximate surface area is 212 Å². The van der Waals surface area contributed by atoms with Crippen LogP contribution in [0.3, 0.4) is 0 Å². The van der Waals surface area contributed by atoms with Crippen molar-refractivity contribution in [3.05, 3.63) is 28.4 Å². The predicted molar refractivity (Wildman–Crippen MR) is 139 cm³/mol. The first-order chi connectivity index (χ1) is 16.3. The average Bonchev–Trinajstić information content (AvgIpc) is 3.37. The summed E-state index contributed by atoms with van der Waals surface area (Å²) in [7, 11) is -2.35. The number of thiazole rings is 1. The number of carbonyl (C=O) groups is 2. The molecule has 0 aromatic carbocycles. The second-order valence-electron chi connectivity index (χ2n) is 10.4. The second-order valence-corrected chi connectivity index (χ2v) is 16.0. The summed E-state index contributed by atoms with van der Waals surface area (Å²) in [5.74, 6) is -0.451. The van der Waals surface area contributed by atoms with Crippen molar-refractivity contribution in [2.75, 3.05) is 6.61 Å². The number of carbonyl (C=O) groups excluding carboxylic acids is 2. The zero-order valence-corrected chi connectivity index (χ0v) is 24.0. The molecule has 0 fully saturated rings. The summed E-state index contributed by atoms with van der Waals surface area (Å²) in [5.41, 5.74) is 2.79. The van der Waals surface area contributed by atoms with Crippen molar-refractivity contribution in [3.63, 3.8) is 0 Å². The van der Waals surface area contributed by atoms with Gasteiger partial charge in [0.2, 0.25) is 8.32 Å². The highest BCUT2D eigenvalue weighted by molar-refractivity contribution is 7.13. The fourth-order valence-electron chi connectivity index (χ4n) is 4.69. The molecule has 0 saturated heterocycles. The molecule has 1 aliphatic rings. The van der Waals surface area contributed by atoms with Gasteiger partial charge in [-0.2, -0.15) is 0 Å². The lowest BCUT2D eigenvalue weighted by Crippen LogP contribution is -2.52. The largest absolute Gasteiger partial charge is 0.461 e. The molecule has 8 nitrogen and oxygen atoms in total. The Bertz CT molecular complexity index is 1090. The molecule has 10 heteroatoms. The molecule has 0 saturated carbocycles. The molecule has 192 valence electrons. The van der Waals surface area contributed by atoms with Gasteiger partial charge in [0.05, 0.1) is 30.6 Å². The number of rotatable bonds is 7. The van der Waals surface area contributed by atoms with Crippen LogP contribution in [0.4, 0.5) is 4.79 Å². The van der Waals surface area contributed by atoms with E-state index in [0.717, 1.165) is 11.3 Å². The third-order valence-electron chi connectivity index (χ3n) is 6.10. The lowest BCUT2D eigenvalue weighted by Gasteiger charge is -2.35. The minimum atomic E-state index is -2.35. The molecule has 3 rings (SSSR count). The topological polar surface area (TPSA) is 99.6 Å². The Hall–Kier alpha value is -2.30. The summed E-state index contributed by atoms with van der Waals surface area (Å²) < 4.78 is 17.2. The minimum Gasteiger partial charge on any atom is -0.461 e. The Morgan fingerprint density at radius 2 is 1.83 bits per heavy atom. The molecule has 0 spiro atoms. The van der Waals surface area contributed by atoms with Crippen LogP contribution < -0.4 is 10.5 Å². The van der Waals surface area contributed by atoms with Crippen molar-refractivity contribution in [2.24, 2.45) is 0 Å². The Balaban J connectivity index is 2.11. The lowest BCUT2D eigenvalue weighted by atomic mass is 10.1. The molecule has 0 radical (unpaired) electrons. The molecule has 35 heavy (non-hydrogen) atoms. The molecular formula is C25H37N3O5SSi. The highest BCUT2D eigenvalue weighted by atomic mass is 32.1. The van der Waals surface area contributed by atoms with Crippen molar-refractivity contribution >= 4 is 36.9 Å². The van der Waals surface area contributed by atoms with E-state index in [-0.39, 0.29) is 12.3 Å². The van der Waals surface area contributed by atoms with Gasteiger partial charge in [-0.25, -0.2) is 19.6 Å². The van der Waals surface area contributed by atoms with E-state index in [2.05, 4.69) is 44.1 Å². The van der Waals surface area contributed by atoms with E-state index in [4.69, 9.17) is 18.9 Å². The van der Waals surface area contributed by atoms with Crippen LogP contribution in [0.1, 0.15) is 90.1 Å². The monoisotopic (exact) mass is 519 g/mol. The van der Waals surface area contributed by atoms with Crippen molar-refractivity contribution in [3.8, 4) is 10.7 Å². The Morgan fingerprint density at radius 3 is 2.40 bits per heavy atom. The third kappa shape index (κ3) is 5.59. The number of nitrogens with zero attached hydrogens (tertiary/aromatic N) is 2. The summed E-state index contributed by atoms with van der Waals surface area (Å²) in [6, 6.07) is 1.68. The summed E-state index contributed by atoms with van der Waals surface area (Å²) in [6.45, 7) is 18.8. The van der Waals surface area contributed by atoms with Gasteiger partial charge in [-0.05, 0) is 57.0 Å². The van der Waals surface area contributed by atoms with Gasteiger partial charge in [-0.1, -0.05) is 27.7 Å². The highest BCUT2D eigenvalue weighted by Gasteiger charge is 2.50. The van der Waals surface area contributed by atoms with Gasteiger partial charge in [-0.3, -0.25) is 0 Å². The number of amides is 1. The van der Waals surface area contributed by atoms with Crippen LogP contribution in [0, 0.1) is 0 Å². The molecule has 0 unspecified atom stereocenters.